The largest absolute Gasteiger partial charge is 0.444 e. The molecule has 0 fully saturated rings. The number of carbonyl (C=O) groups excluding carboxylic acids is 2. The predicted octanol–water partition coefficient (Wildman–Crippen LogP) is 5.56. The van der Waals surface area contributed by atoms with E-state index in [-0.39, 0.29) is 16.9 Å². The minimum Gasteiger partial charge on any atom is -0.444 e. The van der Waals surface area contributed by atoms with E-state index in [4.69, 9.17) is 4.74 Å². The number of rotatable bonds is 6. The van der Waals surface area contributed by atoms with E-state index < -0.39 is 40.6 Å². The summed E-state index contributed by atoms with van der Waals surface area (Å²) in [6.07, 6.45) is -0.788. The number of alkyl halides is 2. The SMILES string of the molecule is CC(C)(C)OC(=O)Nc1cc(Br)ccc1C(=O)Nc1ccc(OC(F)F)c([N+](=O)[O-])c1. The monoisotopic (exact) mass is 501 g/mol. The summed E-state index contributed by atoms with van der Waals surface area (Å²) in [5, 5.41) is 16.0. The summed E-state index contributed by atoms with van der Waals surface area (Å²) >= 11 is 3.24. The van der Waals surface area contributed by atoms with Crippen molar-refractivity contribution >= 4 is 45.0 Å². The maximum atomic E-state index is 12.7. The number of nitro benzene ring substituents is 1. The van der Waals surface area contributed by atoms with Crippen LogP contribution in [0, 0.1) is 10.1 Å². The van der Waals surface area contributed by atoms with Crippen molar-refractivity contribution < 1.29 is 32.8 Å². The zero-order valence-electron chi connectivity index (χ0n) is 16.6. The van der Waals surface area contributed by atoms with Gasteiger partial charge in [-0.1, -0.05) is 15.9 Å². The lowest BCUT2D eigenvalue weighted by molar-refractivity contribution is -0.386. The highest BCUT2D eigenvalue weighted by molar-refractivity contribution is 9.10. The first-order valence-corrected chi connectivity index (χ1v) is 9.49. The van der Waals surface area contributed by atoms with Crippen LogP contribution in [0.2, 0.25) is 0 Å². The Balaban J connectivity index is 2.29. The van der Waals surface area contributed by atoms with Gasteiger partial charge < -0.3 is 14.8 Å². The Morgan fingerprint density at radius 3 is 2.39 bits per heavy atom. The predicted molar refractivity (Wildman–Crippen MR) is 112 cm³/mol. The molecule has 0 saturated heterocycles. The van der Waals surface area contributed by atoms with Crippen LogP contribution in [0.15, 0.2) is 40.9 Å². The van der Waals surface area contributed by atoms with Crippen molar-refractivity contribution in [2.45, 2.75) is 33.0 Å². The van der Waals surface area contributed by atoms with Crippen molar-refractivity contribution in [1.82, 2.24) is 0 Å². The average Bonchev–Trinajstić information content (AvgIpc) is 2.60. The molecule has 0 aromatic heterocycles. The lowest BCUT2D eigenvalue weighted by Crippen LogP contribution is -2.28. The number of anilines is 2. The highest BCUT2D eigenvalue weighted by Crippen LogP contribution is 2.32. The molecule has 12 heteroatoms. The minimum atomic E-state index is -3.25. The number of benzene rings is 2. The molecule has 0 heterocycles. The molecular weight excluding hydrogens is 484 g/mol. The molecular formula is C19H18BrF2N3O6. The third kappa shape index (κ3) is 7.17. The van der Waals surface area contributed by atoms with Crippen LogP contribution in [-0.2, 0) is 4.74 Å². The van der Waals surface area contributed by atoms with Crippen LogP contribution in [0.25, 0.3) is 0 Å². The lowest BCUT2D eigenvalue weighted by atomic mass is 10.1. The number of nitrogens with zero attached hydrogens (tertiary/aromatic N) is 1. The number of ether oxygens (including phenoxy) is 2. The van der Waals surface area contributed by atoms with Gasteiger partial charge in [-0.2, -0.15) is 8.78 Å². The average molecular weight is 502 g/mol. The maximum Gasteiger partial charge on any atom is 0.412 e. The maximum absolute atomic E-state index is 12.7. The third-order valence-electron chi connectivity index (χ3n) is 3.49. The Bertz CT molecular complexity index is 1010. The van der Waals surface area contributed by atoms with E-state index in [1.165, 1.54) is 18.2 Å². The molecule has 0 saturated carbocycles. The standard InChI is InChI=1S/C19H18BrF2N3O6/c1-19(2,3)31-18(27)24-13-8-10(20)4-6-12(13)16(26)23-11-5-7-15(30-17(21)22)14(9-11)25(28)29/h4-9,17H,1-3H3,(H,23,26)(H,24,27). The van der Waals surface area contributed by atoms with Crippen LogP contribution < -0.4 is 15.4 Å². The molecule has 0 atom stereocenters. The highest BCUT2D eigenvalue weighted by Gasteiger charge is 2.22. The summed E-state index contributed by atoms with van der Waals surface area (Å²) < 4.78 is 34.7. The molecule has 0 bridgehead atoms. The molecule has 0 spiro atoms. The van der Waals surface area contributed by atoms with Crippen molar-refractivity contribution in [1.29, 1.82) is 0 Å². The number of nitrogens with one attached hydrogen (secondary N) is 2. The molecule has 2 aromatic rings. The van der Waals surface area contributed by atoms with Gasteiger partial charge in [0.1, 0.15) is 5.60 Å². The van der Waals surface area contributed by atoms with Gasteiger partial charge in [-0.15, -0.1) is 0 Å². The topological polar surface area (TPSA) is 120 Å². The van der Waals surface area contributed by atoms with Crippen molar-refractivity contribution in [3.8, 4) is 5.75 Å². The van der Waals surface area contributed by atoms with E-state index in [2.05, 4.69) is 31.3 Å². The normalized spacial score (nSPS) is 11.1. The van der Waals surface area contributed by atoms with Gasteiger partial charge in [-0.25, -0.2) is 4.79 Å². The Morgan fingerprint density at radius 1 is 1.13 bits per heavy atom. The summed E-state index contributed by atoms with van der Waals surface area (Å²) in [6.45, 7) is 1.78. The van der Waals surface area contributed by atoms with Gasteiger partial charge >= 0.3 is 18.4 Å². The van der Waals surface area contributed by atoms with E-state index in [1.807, 2.05) is 0 Å². The number of nitro groups is 1. The number of hydrogen-bond acceptors (Lipinski definition) is 6. The van der Waals surface area contributed by atoms with Gasteiger partial charge in [0.25, 0.3) is 5.91 Å². The van der Waals surface area contributed by atoms with Gasteiger partial charge in [0.15, 0.2) is 0 Å². The minimum absolute atomic E-state index is 0.0321. The molecule has 2 rings (SSSR count). The van der Waals surface area contributed by atoms with Gasteiger partial charge in [0.05, 0.1) is 16.2 Å². The first-order valence-electron chi connectivity index (χ1n) is 8.70. The van der Waals surface area contributed by atoms with Crippen LogP contribution >= 0.6 is 15.9 Å². The molecule has 0 aliphatic rings. The van der Waals surface area contributed by atoms with Crippen molar-refractivity contribution in [2.24, 2.45) is 0 Å². The number of amides is 2. The second-order valence-electron chi connectivity index (χ2n) is 7.09. The van der Waals surface area contributed by atoms with E-state index in [0.29, 0.717) is 4.47 Å². The first kappa shape index (κ1) is 24.0. The summed E-state index contributed by atoms with van der Waals surface area (Å²) in [5.41, 5.74) is -1.40. The van der Waals surface area contributed by atoms with E-state index in [9.17, 15) is 28.5 Å². The fourth-order valence-electron chi connectivity index (χ4n) is 2.36. The Hall–Kier alpha value is -3.28. The first-order chi connectivity index (χ1) is 14.4. The zero-order chi connectivity index (χ0) is 23.3. The van der Waals surface area contributed by atoms with E-state index in [1.54, 1.807) is 26.8 Å². The summed E-state index contributed by atoms with van der Waals surface area (Å²) in [5.74, 6) is -1.36. The molecule has 0 aliphatic heterocycles. The van der Waals surface area contributed by atoms with Gasteiger partial charge in [-0.05, 0) is 51.1 Å². The lowest BCUT2D eigenvalue weighted by Gasteiger charge is -2.20. The number of hydrogen-bond donors (Lipinski definition) is 2. The molecule has 2 aromatic carbocycles. The van der Waals surface area contributed by atoms with Gasteiger partial charge in [0, 0.05) is 16.2 Å². The van der Waals surface area contributed by atoms with Crippen LogP contribution in [0.3, 0.4) is 0 Å². The zero-order valence-corrected chi connectivity index (χ0v) is 18.2. The van der Waals surface area contributed by atoms with E-state index >= 15 is 0 Å². The molecule has 31 heavy (non-hydrogen) atoms. The number of halogens is 3. The molecule has 0 unspecified atom stereocenters. The summed E-state index contributed by atoms with van der Waals surface area (Å²) in [7, 11) is 0. The second-order valence-corrected chi connectivity index (χ2v) is 8.00. The fourth-order valence-corrected chi connectivity index (χ4v) is 2.72. The molecule has 2 amide bonds. The van der Waals surface area contributed by atoms with Gasteiger partial charge in [-0.3, -0.25) is 20.2 Å². The van der Waals surface area contributed by atoms with E-state index in [0.717, 1.165) is 12.1 Å². The second kappa shape index (κ2) is 9.69. The van der Waals surface area contributed by atoms with Crippen molar-refractivity contribution in [3.63, 3.8) is 0 Å². The van der Waals surface area contributed by atoms with Gasteiger partial charge in [0.2, 0.25) is 5.75 Å². The summed E-state index contributed by atoms with van der Waals surface area (Å²) in [4.78, 5) is 35.0. The Kier molecular flexibility index (Phi) is 7.50. The Morgan fingerprint density at radius 2 is 1.81 bits per heavy atom. The summed E-state index contributed by atoms with van der Waals surface area (Å²) in [6, 6.07) is 7.44. The Labute approximate surface area is 184 Å². The third-order valence-corrected chi connectivity index (χ3v) is 3.98. The molecule has 9 nitrogen and oxygen atoms in total. The highest BCUT2D eigenvalue weighted by atomic mass is 79.9. The van der Waals surface area contributed by atoms with Crippen molar-refractivity contribution in [3.05, 3.63) is 56.5 Å². The number of carbonyl (C=O) groups is 2. The van der Waals surface area contributed by atoms with Crippen LogP contribution in [0.4, 0.5) is 30.6 Å². The van der Waals surface area contributed by atoms with Crippen LogP contribution in [0.5, 0.6) is 5.75 Å². The quantitative estimate of drug-likeness (QED) is 0.395. The smallest absolute Gasteiger partial charge is 0.412 e. The molecule has 166 valence electrons. The van der Waals surface area contributed by atoms with Crippen LogP contribution in [-0.4, -0.2) is 29.1 Å². The fraction of sp³-hybridized carbons (Fsp3) is 0.263. The van der Waals surface area contributed by atoms with Crippen molar-refractivity contribution in [2.75, 3.05) is 10.6 Å². The molecule has 0 radical (unpaired) electrons. The van der Waals surface area contributed by atoms with Crippen LogP contribution in [0.1, 0.15) is 31.1 Å². The molecule has 2 N–H and O–H groups in total. The molecule has 0 aliphatic carbocycles.